The standard InChI is InChI=1S/C21H28N6O2.ClH/c1-15-3-5-17(6-4-15)20(28)25-11-13-26(14-12-25)21(29)19-16(2)27(24-23-19)18-7-9-22-10-8-18;/h3-6,18,22H,7-14H2,1-2H3;1H. The van der Waals surface area contributed by atoms with E-state index in [4.69, 9.17) is 0 Å². The van der Waals surface area contributed by atoms with Crippen LogP contribution in [0.5, 0.6) is 0 Å². The third-order valence-electron chi connectivity index (χ3n) is 5.94. The van der Waals surface area contributed by atoms with Crippen molar-refractivity contribution in [1.29, 1.82) is 0 Å². The molecule has 0 atom stereocenters. The molecule has 0 aliphatic carbocycles. The number of piperazine rings is 1. The van der Waals surface area contributed by atoms with Crippen molar-refractivity contribution >= 4 is 24.2 Å². The number of nitrogens with one attached hydrogen (secondary N) is 1. The molecule has 0 bridgehead atoms. The molecule has 0 radical (unpaired) electrons. The molecular weight excluding hydrogens is 404 g/mol. The number of rotatable bonds is 3. The van der Waals surface area contributed by atoms with E-state index in [1.54, 1.807) is 4.90 Å². The van der Waals surface area contributed by atoms with Gasteiger partial charge in [0.05, 0.1) is 11.7 Å². The summed E-state index contributed by atoms with van der Waals surface area (Å²) in [5, 5.41) is 11.8. The first-order valence-electron chi connectivity index (χ1n) is 10.3. The first-order chi connectivity index (χ1) is 14.0. The number of piperidine rings is 1. The van der Waals surface area contributed by atoms with Gasteiger partial charge in [-0.05, 0) is 51.9 Å². The maximum absolute atomic E-state index is 13.0. The topological polar surface area (TPSA) is 83.4 Å². The molecule has 162 valence electrons. The van der Waals surface area contributed by atoms with E-state index in [1.807, 2.05) is 47.7 Å². The Morgan fingerprint density at radius 2 is 1.50 bits per heavy atom. The van der Waals surface area contributed by atoms with Crippen LogP contribution in [0.25, 0.3) is 0 Å². The molecule has 3 heterocycles. The molecule has 2 aliphatic heterocycles. The van der Waals surface area contributed by atoms with E-state index in [-0.39, 0.29) is 24.2 Å². The lowest BCUT2D eigenvalue weighted by molar-refractivity contribution is 0.0531. The summed E-state index contributed by atoms with van der Waals surface area (Å²) in [5.41, 5.74) is 3.09. The van der Waals surface area contributed by atoms with Crippen LogP contribution >= 0.6 is 12.4 Å². The van der Waals surface area contributed by atoms with Crippen LogP contribution < -0.4 is 5.32 Å². The number of benzene rings is 1. The number of hydrogen-bond donors (Lipinski definition) is 1. The molecule has 2 saturated heterocycles. The summed E-state index contributed by atoms with van der Waals surface area (Å²) in [6.45, 7) is 7.93. The van der Waals surface area contributed by atoms with Crippen molar-refractivity contribution in [2.24, 2.45) is 0 Å². The Balaban J connectivity index is 0.00000256. The van der Waals surface area contributed by atoms with Crippen LogP contribution in [0.3, 0.4) is 0 Å². The van der Waals surface area contributed by atoms with E-state index >= 15 is 0 Å². The Morgan fingerprint density at radius 3 is 2.10 bits per heavy atom. The summed E-state index contributed by atoms with van der Waals surface area (Å²) in [6.07, 6.45) is 2.00. The minimum Gasteiger partial charge on any atom is -0.335 e. The molecule has 2 fully saturated rings. The lowest BCUT2D eigenvalue weighted by Gasteiger charge is -2.34. The van der Waals surface area contributed by atoms with Crippen LogP contribution in [-0.2, 0) is 0 Å². The second-order valence-corrected chi connectivity index (χ2v) is 7.90. The molecule has 4 rings (SSSR count). The first-order valence-corrected chi connectivity index (χ1v) is 10.3. The van der Waals surface area contributed by atoms with Crippen molar-refractivity contribution in [3.8, 4) is 0 Å². The zero-order valence-electron chi connectivity index (χ0n) is 17.5. The Kier molecular flexibility index (Phi) is 7.10. The van der Waals surface area contributed by atoms with E-state index in [1.165, 1.54) is 0 Å². The van der Waals surface area contributed by atoms with Gasteiger partial charge in [0.15, 0.2) is 5.69 Å². The Bertz CT molecular complexity index is 883. The van der Waals surface area contributed by atoms with Gasteiger partial charge in [-0.2, -0.15) is 0 Å². The van der Waals surface area contributed by atoms with Gasteiger partial charge in [-0.15, -0.1) is 17.5 Å². The highest BCUT2D eigenvalue weighted by Crippen LogP contribution is 2.21. The SMILES string of the molecule is Cc1ccc(C(=O)N2CCN(C(=O)c3nnn(C4CCNCC4)c3C)CC2)cc1.Cl. The fraction of sp³-hybridized carbons (Fsp3) is 0.524. The average molecular weight is 433 g/mol. The molecule has 9 heteroatoms. The summed E-state index contributed by atoms with van der Waals surface area (Å²) in [4.78, 5) is 29.3. The van der Waals surface area contributed by atoms with Gasteiger partial charge in [-0.1, -0.05) is 22.9 Å². The number of nitrogens with zero attached hydrogens (tertiary/aromatic N) is 5. The van der Waals surface area contributed by atoms with Crippen LogP contribution in [-0.4, -0.2) is 75.9 Å². The Labute approximate surface area is 183 Å². The van der Waals surface area contributed by atoms with Crippen LogP contribution in [0.2, 0.25) is 0 Å². The molecule has 0 unspecified atom stereocenters. The first kappa shape index (κ1) is 22.2. The summed E-state index contributed by atoms with van der Waals surface area (Å²) in [7, 11) is 0. The second-order valence-electron chi connectivity index (χ2n) is 7.90. The van der Waals surface area contributed by atoms with Gasteiger partial charge >= 0.3 is 0 Å². The maximum atomic E-state index is 13.0. The van der Waals surface area contributed by atoms with Crippen LogP contribution in [0.15, 0.2) is 24.3 Å². The zero-order chi connectivity index (χ0) is 20.4. The fourth-order valence-electron chi connectivity index (χ4n) is 4.08. The van der Waals surface area contributed by atoms with E-state index in [0.717, 1.165) is 37.2 Å². The maximum Gasteiger partial charge on any atom is 0.276 e. The van der Waals surface area contributed by atoms with E-state index < -0.39 is 0 Å². The van der Waals surface area contributed by atoms with Gasteiger partial charge in [-0.25, -0.2) is 4.68 Å². The van der Waals surface area contributed by atoms with Crippen LogP contribution in [0, 0.1) is 13.8 Å². The number of hydrogen-bond acceptors (Lipinski definition) is 5. The Morgan fingerprint density at radius 1 is 0.933 bits per heavy atom. The van der Waals surface area contributed by atoms with Gasteiger partial charge in [0.2, 0.25) is 0 Å². The molecule has 1 N–H and O–H groups in total. The van der Waals surface area contributed by atoms with Gasteiger partial charge in [0, 0.05) is 31.7 Å². The van der Waals surface area contributed by atoms with E-state index in [2.05, 4.69) is 15.6 Å². The minimum absolute atomic E-state index is 0. The highest BCUT2D eigenvalue weighted by molar-refractivity contribution is 5.95. The number of aryl methyl sites for hydroxylation is 1. The summed E-state index contributed by atoms with van der Waals surface area (Å²) in [6, 6.07) is 7.91. The zero-order valence-corrected chi connectivity index (χ0v) is 18.3. The molecule has 0 saturated carbocycles. The Hall–Kier alpha value is -2.45. The number of amides is 2. The minimum atomic E-state index is -0.0925. The normalized spacial score (nSPS) is 17.5. The average Bonchev–Trinajstić information content (AvgIpc) is 3.15. The van der Waals surface area contributed by atoms with Gasteiger partial charge in [-0.3, -0.25) is 9.59 Å². The predicted molar refractivity (Wildman–Crippen MR) is 116 cm³/mol. The van der Waals surface area contributed by atoms with Crippen molar-refractivity contribution in [2.75, 3.05) is 39.3 Å². The lowest BCUT2D eigenvalue weighted by Crippen LogP contribution is -2.50. The van der Waals surface area contributed by atoms with Gasteiger partial charge in [0.1, 0.15) is 0 Å². The van der Waals surface area contributed by atoms with Gasteiger partial charge in [0.25, 0.3) is 11.8 Å². The largest absolute Gasteiger partial charge is 0.335 e. The molecule has 2 aromatic rings. The van der Waals surface area contributed by atoms with Crippen molar-refractivity contribution in [3.63, 3.8) is 0 Å². The second kappa shape index (κ2) is 9.57. The summed E-state index contributed by atoms with van der Waals surface area (Å²) >= 11 is 0. The molecule has 2 amide bonds. The predicted octanol–water partition coefficient (Wildman–Crippen LogP) is 1.84. The number of carbonyl (C=O) groups excluding carboxylic acids is 2. The molecule has 1 aromatic carbocycles. The molecule has 30 heavy (non-hydrogen) atoms. The van der Waals surface area contributed by atoms with Crippen molar-refractivity contribution < 1.29 is 9.59 Å². The fourth-order valence-corrected chi connectivity index (χ4v) is 4.08. The molecular formula is C21H29ClN6O2. The third kappa shape index (κ3) is 4.49. The highest BCUT2D eigenvalue weighted by atomic mass is 35.5. The summed E-state index contributed by atoms with van der Waals surface area (Å²) in [5.74, 6) is -0.0738. The third-order valence-corrected chi connectivity index (χ3v) is 5.94. The molecule has 0 spiro atoms. The number of halogens is 1. The van der Waals surface area contributed by atoms with Crippen molar-refractivity contribution in [1.82, 2.24) is 30.1 Å². The summed E-state index contributed by atoms with van der Waals surface area (Å²) < 4.78 is 1.91. The molecule has 1 aromatic heterocycles. The van der Waals surface area contributed by atoms with Crippen molar-refractivity contribution in [3.05, 3.63) is 46.8 Å². The van der Waals surface area contributed by atoms with E-state index in [9.17, 15) is 9.59 Å². The van der Waals surface area contributed by atoms with E-state index in [0.29, 0.717) is 43.5 Å². The van der Waals surface area contributed by atoms with Crippen molar-refractivity contribution in [2.45, 2.75) is 32.7 Å². The van der Waals surface area contributed by atoms with Crippen LogP contribution in [0.4, 0.5) is 0 Å². The smallest absolute Gasteiger partial charge is 0.276 e. The van der Waals surface area contributed by atoms with Crippen LogP contribution in [0.1, 0.15) is 51.0 Å². The quantitative estimate of drug-likeness (QED) is 0.800. The molecule has 2 aliphatic rings. The monoisotopic (exact) mass is 432 g/mol. The number of aromatic nitrogens is 3. The lowest BCUT2D eigenvalue weighted by atomic mass is 10.1. The molecule has 8 nitrogen and oxygen atoms in total. The number of carbonyl (C=O) groups is 2. The van der Waals surface area contributed by atoms with Gasteiger partial charge < -0.3 is 15.1 Å². The highest BCUT2D eigenvalue weighted by Gasteiger charge is 2.29.